The van der Waals surface area contributed by atoms with Gasteiger partial charge >= 0.3 is 0 Å². The van der Waals surface area contributed by atoms with E-state index in [4.69, 9.17) is 31.0 Å². The Hall–Kier alpha value is -3.69. The van der Waals surface area contributed by atoms with Crippen molar-refractivity contribution in [1.82, 2.24) is 24.9 Å². The highest BCUT2D eigenvalue weighted by Gasteiger charge is 2.34. The summed E-state index contributed by atoms with van der Waals surface area (Å²) in [6, 6.07) is 9.68. The summed E-state index contributed by atoms with van der Waals surface area (Å²) in [5.74, 6) is 1.48. The highest BCUT2D eigenvalue weighted by molar-refractivity contribution is 7.59. The van der Waals surface area contributed by atoms with E-state index >= 15 is 0 Å². The number of aryl methyl sites for hydroxylation is 1. The van der Waals surface area contributed by atoms with Crippen molar-refractivity contribution in [1.29, 1.82) is 5.26 Å². The van der Waals surface area contributed by atoms with Gasteiger partial charge in [-0.3, -0.25) is 9.78 Å². The molecule has 230 valence electrons. The van der Waals surface area contributed by atoms with Crippen molar-refractivity contribution in [3.63, 3.8) is 0 Å². The maximum Gasteiger partial charge on any atom is 0.165 e. The summed E-state index contributed by atoms with van der Waals surface area (Å²) in [7, 11) is 0. The second-order valence-electron chi connectivity index (χ2n) is 11.6. The summed E-state index contributed by atoms with van der Waals surface area (Å²) in [5, 5.41) is 17.9. The van der Waals surface area contributed by atoms with Crippen LogP contribution in [0.3, 0.4) is 0 Å². The molecule has 1 atom stereocenters. The lowest BCUT2D eigenvalue weighted by atomic mass is 9.75. The zero-order chi connectivity index (χ0) is 30.0. The zero-order valence-electron chi connectivity index (χ0n) is 24.8. The number of nitrogens with one attached hydrogen (secondary N) is 1. The van der Waals surface area contributed by atoms with Crippen LogP contribution in [0, 0.1) is 23.7 Å². The van der Waals surface area contributed by atoms with Crippen LogP contribution in [0.1, 0.15) is 47.7 Å². The third-order valence-electron chi connectivity index (χ3n) is 8.44. The fourth-order valence-corrected chi connectivity index (χ4v) is 6.23. The van der Waals surface area contributed by atoms with Crippen molar-refractivity contribution in [2.75, 3.05) is 44.3 Å². The van der Waals surface area contributed by atoms with E-state index in [0.717, 1.165) is 50.4 Å². The average molecular weight is 634 g/mol. The first kappa shape index (κ1) is 31.7. The SMILES string of the molecule is Cc1cccc(Cl)c1C(=O)CC1(C)CCN(c2cnc(-c3cc(OC[C@@H]4CNCCO4)cn4ncc(C#N)c34)cn2)CC1.S. The number of nitriles is 1. The third kappa shape index (κ3) is 6.69. The maximum atomic E-state index is 13.2. The molecule has 12 heteroatoms. The summed E-state index contributed by atoms with van der Waals surface area (Å²) in [6.45, 7) is 8.27. The van der Waals surface area contributed by atoms with Crippen LogP contribution in [0.2, 0.25) is 5.02 Å². The van der Waals surface area contributed by atoms with Gasteiger partial charge in [0.05, 0.1) is 53.2 Å². The number of piperidine rings is 1. The molecule has 3 aromatic heterocycles. The average Bonchev–Trinajstić information content (AvgIpc) is 3.44. The molecule has 0 amide bonds. The minimum Gasteiger partial charge on any atom is -0.489 e. The predicted octanol–water partition coefficient (Wildman–Crippen LogP) is 4.98. The standard InChI is InChI=1S/C32H34ClN7O3.H2S/c1-21-4-3-5-26(33)30(21)28(41)13-32(2)6-9-39(10-7-32)29-18-36-27(17-37-29)25-12-23(43-20-24-16-35-8-11-42-24)19-40-31(25)22(14-34)15-38-40;/h3-5,12,15,17-19,24,35H,6-11,13,16,20H2,1-2H3;1H2/t24-;/m0./s1. The molecule has 2 fully saturated rings. The quantitative estimate of drug-likeness (QED) is 0.268. The van der Waals surface area contributed by atoms with E-state index in [1.165, 1.54) is 0 Å². The monoisotopic (exact) mass is 633 g/mol. The van der Waals surface area contributed by atoms with Crippen molar-refractivity contribution in [2.45, 2.75) is 39.2 Å². The normalized spacial score (nSPS) is 18.0. The first-order valence-corrected chi connectivity index (χ1v) is 14.9. The van der Waals surface area contributed by atoms with Gasteiger partial charge in [0.1, 0.15) is 30.3 Å². The van der Waals surface area contributed by atoms with E-state index in [9.17, 15) is 10.1 Å². The number of ether oxygens (including phenoxy) is 2. The van der Waals surface area contributed by atoms with Gasteiger partial charge in [0.25, 0.3) is 0 Å². The Kier molecular flexibility index (Phi) is 9.75. The summed E-state index contributed by atoms with van der Waals surface area (Å²) in [4.78, 5) is 24.9. The molecule has 5 heterocycles. The third-order valence-corrected chi connectivity index (χ3v) is 8.76. The first-order chi connectivity index (χ1) is 20.8. The largest absolute Gasteiger partial charge is 0.489 e. The van der Waals surface area contributed by atoms with Crippen molar-refractivity contribution in [3.8, 4) is 23.1 Å². The highest BCUT2D eigenvalue weighted by atomic mass is 35.5. The van der Waals surface area contributed by atoms with Gasteiger partial charge in [-0.2, -0.15) is 23.9 Å². The number of fused-ring (bicyclic) bond motifs is 1. The molecule has 0 unspecified atom stereocenters. The van der Waals surface area contributed by atoms with Gasteiger partial charge in [0, 0.05) is 43.7 Å². The van der Waals surface area contributed by atoms with E-state index in [-0.39, 0.29) is 30.8 Å². The Morgan fingerprint density at radius 1 is 1.25 bits per heavy atom. The molecule has 0 saturated carbocycles. The number of carbonyl (C=O) groups is 1. The topological polar surface area (TPSA) is 118 Å². The molecule has 4 aromatic rings. The Morgan fingerprint density at radius 2 is 2.07 bits per heavy atom. The molecule has 1 N–H and O–H groups in total. The number of hydrogen-bond donors (Lipinski definition) is 1. The molecule has 2 aliphatic rings. The van der Waals surface area contributed by atoms with Crippen LogP contribution >= 0.6 is 25.1 Å². The fourth-order valence-electron chi connectivity index (χ4n) is 5.91. The van der Waals surface area contributed by atoms with Gasteiger partial charge in [-0.05, 0) is 42.9 Å². The molecule has 2 saturated heterocycles. The molecule has 1 aromatic carbocycles. The number of morpholine rings is 1. The van der Waals surface area contributed by atoms with Crippen molar-refractivity contribution >= 4 is 42.2 Å². The number of hydrogen-bond acceptors (Lipinski definition) is 9. The smallest absolute Gasteiger partial charge is 0.165 e. The lowest BCUT2D eigenvalue weighted by Gasteiger charge is -2.39. The van der Waals surface area contributed by atoms with Gasteiger partial charge < -0.3 is 19.7 Å². The number of pyridine rings is 1. The van der Waals surface area contributed by atoms with E-state index in [0.29, 0.717) is 58.3 Å². The number of rotatable bonds is 8. The van der Waals surface area contributed by atoms with Crippen LogP contribution in [0.5, 0.6) is 5.75 Å². The van der Waals surface area contributed by atoms with Crippen molar-refractivity contribution < 1.29 is 14.3 Å². The number of carbonyl (C=O) groups excluding carboxylic acids is 1. The van der Waals surface area contributed by atoms with Gasteiger partial charge in [0.2, 0.25) is 0 Å². The molecule has 0 aliphatic carbocycles. The van der Waals surface area contributed by atoms with Gasteiger partial charge in [-0.15, -0.1) is 0 Å². The molecule has 0 bridgehead atoms. The Bertz CT molecular complexity index is 1650. The lowest BCUT2D eigenvalue weighted by Crippen LogP contribution is -2.41. The minimum atomic E-state index is -0.118. The predicted molar refractivity (Wildman–Crippen MR) is 174 cm³/mol. The van der Waals surface area contributed by atoms with Crippen LogP contribution in [0.25, 0.3) is 16.8 Å². The minimum absolute atomic E-state index is 0. The van der Waals surface area contributed by atoms with Crippen LogP contribution in [-0.2, 0) is 4.74 Å². The summed E-state index contributed by atoms with van der Waals surface area (Å²) < 4.78 is 13.5. The Morgan fingerprint density at radius 3 is 2.75 bits per heavy atom. The highest BCUT2D eigenvalue weighted by Crippen LogP contribution is 2.38. The number of anilines is 1. The van der Waals surface area contributed by atoms with Gasteiger partial charge in [0.15, 0.2) is 5.78 Å². The maximum absolute atomic E-state index is 13.2. The van der Waals surface area contributed by atoms with Crippen LogP contribution in [0.15, 0.2) is 49.1 Å². The lowest BCUT2D eigenvalue weighted by molar-refractivity contribution is 0.000107. The summed E-state index contributed by atoms with van der Waals surface area (Å²) in [5.41, 5.74) is 3.87. The van der Waals surface area contributed by atoms with E-state index in [1.54, 1.807) is 35.4 Å². The molecule has 0 spiro atoms. The number of ketones is 1. The van der Waals surface area contributed by atoms with Crippen LogP contribution in [0.4, 0.5) is 5.82 Å². The van der Waals surface area contributed by atoms with Gasteiger partial charge in [-0.1, -0.05) is 30.7 Å². The summed E-state index contributed by atoms with van der Waals surface area (Å²) >= 11 is 6.37. The molecular weight excluding hydrogens is 598 g/mol. The van der Waals surface area contributed by atoms with Crippen LogP contribution < -0.4 is 15.0 Å². The molecule has 0 radical (unpaired) electrons. The van der Waals surface area contributed by atoms with Crippen molar-refractivity contribution in [3.05, 3.63) is 70.8 Å². The Labute approximate surface area is 268 Å². The number of Topliss-reactive ketones (excluding diaryl/α,β-unsaturated/α-hetero) is 1. The number of nitrogens with zero attached hydrogens (tertiary/aromatic N) is 6. The summed E-state index contributed by atoms with van der Waals surface area (Å²) in [6.07, 6.45) is 8.94. The molecule has 44 heavy (non-hydrogen) atoms. The number of halogens is 1. The first-order valence-electron chi connectivity index (χ1n) is 14.6. The van der Waals surface area contributed by atoms with E-state index < -0.39 is 0 Å². The Balaban J connectivity index is 0.00000384. The second kappa shape index (κ2) is 13.5. The fraction of sp³-hybridized carbons (Fsp3) is 0.406. The van der Waals surface area contributed by atoms with E-state index in [2.05, 4.69) is 28.3 Å². The van der Waals surface area contributed by atoms with Crippen molar-refractivity contribution in [2.24, 2.45) is 5.41 Å². The number of aromatic nitrogens is 4. The second-order valence-corrected chi connectivity index (χ2v) is 12.1. The van der Waals surface area contributed by atoms with Gasteiger partial charge in [-0.25, -0.2) is 9.50 Å². The van der Waals surface area contributed by atoms with E-state index in [1.807, 2.05) is 25.1 Å². The van der Waals surface area contributed by atoms with Crippen LogP contribution in [-0.4, -0.2) is 70.9 Å². The molecule has 6 rings (SSSR count). The molecule has 2 aliphatic heterocycles. The zero-order valence-corrected chi connectivity index (χ0v) is 26.6. The number of benzene rings is 1. The molecule has 10 nitrogen and oxygen atoms in total. The molecular formula is C32H36ClN7O3S.